The highest BCUT2D eigenvalue weighted by molar-refractivity contribution is 5.95. The summed E-state index contributed by atoms with van der Waals surface area (Å²) in [7, 11) is 0. The minimum atomic E-state index is -0.924. The molecule has 1 heterocycles. The van der Waals surface area contributed by atoms with Gasteiger partial charge in [-0.25, -0.2) is 8.78 Å². The van der Waals surface area contributed by atoms with Crippen molar-refractivity contribution in [3.8, 4) is 0 Å². The third-order valence-electron chi connectivity index (χ3n) is 2.90. The Balaban J connectivity index is 2.15. The quantitative estimate of drug-likeness (QED) is 0.845. The first-order chi connectivity index (χ1) is 9.49. The Morgan fingerprint density at radius 2 is 2.15 bits per heavy atom. The minimum absolute atomic E-state index is 0.175. The van der Waals surface area contributed by atoms with E-state index in [9.17, 15) is 13.6 Å². The van der Waals surface area contributed by atoms with Gasteiger partial charge in [0.15, 0.2) is 5.82 Å². The number of rotatable bonds is 3. The van der Waals surface area contributed by atoms with Crippen molar-refractivity contribution in [2.75, 3.05) is 5.73 Å². The van der Waals surface area contributed by atoms with Crippen LogP contribution in [-0.2, 0) is 6.54 Å². The number of benzene rings is 1. The van der Waals surface area contributed by atoms with Gasteiger partial charge < -0.3 is 11.1 Å². The van der Waals surface area contributed by atoms with Crippen LogP contribution in [0, 0.1) is 18.6 Å². The Labute approximate surface area is 114 Å². The van der Waals surface area contributed by atoms with Crippen molar-refractivity contribution in [2.45, 2.75) is 13.5 Å². The highest BCUT2D eigenvalue weighted by atomic mass is 19.1. The molecule has 0 aliphatic rings. The number of halogens is 2. The highest BCUT2D eigenvalue weighted by Crippen LogP contribution is 2.17. The lowest BCUT2D eigenvalue weighted by atomic mass is 10.1. The minimum Gasteiger partial charge on any atom is -0.396 e. The molecule has 2 rings (SSSR count). The van der Waals surface area contributed by atoms with Gasteiger partial charge in [-0.05, 0) is 36.2 Å². The van der Waals surface area contributed by atoms with Gasteiger partial charge in [0.25, 0.3) is 5.91 Å². The SMILES string of the molecule is Cc1ccncc1CNC(=O)c1cc(F)cc(N)c1F. The molecule has 4 nitrogen and oxygen atoms in total. The number of aromatic nitrogens is 1. The summed E-state index contributed by atoms with van der Waals surface area (Å²) in [5.74, 6) is -2.41. The number of anilines is 1. The van der Waals surface area contributed by atoms with Crippen LogP contribution < -0.4 is 11.1 Å². The number of nitrogens with one attached hydrogen (secondary N) is 1. The van der Waals surface area contributed by atoms with Gasteiger partial charge in [0.2, 0.25) is 0 Å². The summed E-state index contributed by atoms with van der Waals surface area (Å²) in [5.41, 5.74) is 6.22. The first-order valence-corrected chi connectivity index (χ1v) is 5.91. The van der Waals surface area contributed by atoms with E-state index in [-0.39, 0.29) is 6.54 Å². The number of carbonyl (C=O) groups excluding carboxylic acids is 1. The average Bonchev–Trinajstić information content (AvgIpc) is 2.41. The second-order valence-electron chi connectivity index (χ2n) is 4.34. The Morgan fingerprint density at radius 1 is 1.40 bits per heavy atom. The van der Waals surface area contributed by atoms with Gasteiger partial charge in [-0.15, -0.1) is 0 Å². The molecule has 2 aromatic rings. The monoisotopic (exact) mass is 277 g/mol. The lowest BCUT2D eigenvalue weighted by molar-refractivity contribution is 0.0946. The van der Waals surface area contributed by atoms with Gasteiger partial charge in [-0.1, -0.05) is 0 Å². The van der Waals surface area contributed by atoms with Gasteiger partial charge in [-0.2, -0.15) is 0 Å². The van der Waals surface area contributed by atoms with E-state index >= 15 is 0 Å². The van der Waals surface area contributed by atoms with Crippen LogP contribution in [0.25, 0.3) is 0 Å². The summed E-state index contributed by atoms with van der Waals surface area (Å²) in [5, 5.41) is 2.51. The second-order valence-corrected chi connectivity index (χ2v) is 4.34. The van der Waals surface area contributed by atoms with Crippen molar-refractivity contribution in [3.05, 3.63) is 58.9 Å². The number of nitrogen functional groups attached to an aromatic ring is 1. The zero-order valence-electron chi connectivity index (χ0n) is 10.8. The van der Waals surface area contributed by atoms with Crippen molar-refractivity contribution in [3.63, 3.8) is 0 Å². The van der Waals surface area contributed by atoms with Crippen LogP contribution in [0.5, 0.6) is 0 Å². The number of aryl methyl sites for hydroxylation is 1. The molecule has 0 saturated heterocycles. The van der Waals surface area contributed by atoms with Crippen molar-refractivity contribution >= 4 is 11.6 Å². The van der Waals surface area contributed by atoms with Gasteiger partial charge in [0.05, 0.1) is 11.3 Å². The summed E-state index contributed by atoms with van der Waals surface area (Å²) in [6, 6.07) is 3.44. The molecule has 6 heteroatoms. The summed E-state index contributed by atoms with van der Waals surface area (Å²) in [6.07, 6.45) is 3.24. The number of pyridine rings is 1. The van der Waals surface area contributed by atoms with Crippen molar-refractivity contribution in [1.29, 1.82) is 0 Å². The molecule has 3 N–H and O–H groups in total. The van der Waals surface area contributed by atoms with Crippen molar-refractivity contribution in [2.24, 2.45) is 0 Å². The predicted octanol–water partition coefficient (Wildman–Crippen LogP) is 2.18. The fourth-order valence-electron chi connectivity index (χ4n) is 1.73. The molecule has 1 aromatic carbocycles. The molecule has 0 unspecified atom stereocenters. The topological polar surface area (TPSA) is 68.0 Å². The van der Waals surface area contributed by atoms with Gasteiger partial charge in [0, 0.05) is 18.9 Å². The van der Waals surface area contributed by atoms with E-state index in [0.29, 0.717) is 0 Å². The Kier molecular flexibility index (Phi) is 3.93. The molecule has 1 aromatic heterocycles. The smallest absolute Gasteiger partial charge is 0.254 e. The van der Waals surface area contributed by atoms with Gasteiger partial charge >= 0.3 is 0 Å². The van der Waals surface area contributed by atoms with Crippen LogP contribution >= 0.6 is 0 Å². The first kappa shape index (κ1) is 13.9. The number of carbonyl (C=O) groups is 1. The summed E-state index contributed by atoms with van der Waals surface area (Å²) < 4.78 is 26.8. The normalized spacial score (nSPS) is 10.3. The number of amides is 1. The van der Waals surface area contributed by atoms with Crippen LogP contribution in [0.15, 0.2) is 30.6 Å². The standard InChI is InChI=1S/C14H13F2N3O/c1-8-2-3-18-6-9(8)7-19-14(20)11-4-10(15)5-12(17)13(11)16/h2-6H,7,17H2,1H3,(H,19,20). The number of hydrogen-bond donors (Lipinski definition) is 2. The molecule has 1 amide bonds. The summed E-state index contributed by atoms with van der Waals surface area (Å²) in [4.78, 5) is 15.8. The van der Waals surface area contributed by atoms with Crippen LogP contribution in [-0.4, -0.2) is 10.9 Å². The zero-order valence-corrected chi connectivity index (χ0v) is 10.8. The third kappa shape index (κ3) is 2.90. The lowest BCUT2D eigenvalue weighted by Gasteiger charge is -2.09. The molecule has 0 aliphatic heterocycles. The maximum absolute atomic E-state index is 13.7. The average molecular weight is 277 g/mol. The molecule has 0 atom stereocenters. The summed E-state index contributed by atoms with van der Waals surface area (Å²) in [6.45, 7) is 2.04. The molecule has 0 fully saturated rings. The fourth-order valence-corrected chi connectivity index (χ4v) is 1.73. The highest BCUT2D eigenvalue weighted by Gasteiger charge is 2.16. The molecule has 104 valence electrons. The first-order valence-electron chi connectivity index (χ1n) is 5.91. The van der Waals surface area contributed by atoms with E-state index in [2.05, 4.69) is 10.3 Å². The Hall–Kier alpha value is -2.50. The van der Waals surface area contributed by atoms with Gasteiger partial charge in [0.1, 0.15) is 5.82 Å². The van der Waals surface area contributed by atoms with E-state index in [1.165, 1.54) is 0 Å². The number of nitrogens with zero attached hydrogens (tertiary/aromatic N) is 1. The van der Waals surface area contributed by atoms with E-state index in [4.69, 9.17) is 5.73 Å². The van der Waals surface area contributed by atoms with Crippen LogP contribution in [0.1, 0.15) is 21.5 Å². The molecule has 0 spiro atoms. The largest absolute Gasteiger partial charge is 0.396 e. The second kappa shape index (κ2) is 5.64. The maximum atomic E-state index is 13.7. The zero-order chi connectivity index (χ0) is 14.7. The molecule has 0 bridgehead atoms. The molecule has 0 radical (unpaired) electrons. The Bertz CT molecular complexity index is 659. The van der Waals surface area contributed by atoms with E-state index in [1.807, 2.05) is 6.92 Å². The molecular formula is C14H13F2N3O. The lowest BCUT2D eigenvalue weighted by Crippen LogP contribution is -2.24. The van der Waals surface area contributed by atoms with E-state index in [1.54, 1.807) is 18.5 Å². The number of hydrogen-bond acceptors (Lipinski definition) is 3. The van der Waals surface area contributed by atoms with Crippen molar-refractivity contribution < 1.29 is 13.6 Å². The Morgan fingerprint density at radius 3 is 2.85 bits per heavy atom. The fraction of sp³-hybridized carbons (Fsp3) is 0.143. The number of nitrogens with two attached hydrogens (primary N) is 1. The third-order valence-corrected chi connectivity index (χ3v) is 2.90. The predicted molar refractivity (Wildman–Crippen MR) is 70.9 cm³/mol. The molecule has 20 heavy (non-hydrogen) atoms. The molecule has 0 saturated carbocycles. The van der Waals surface area contributed by atoms with E-state index in [0.717, 1.165) is 23.3 Å². The van der Waals surface area contributed by atoms with Gasteiger partial charge in [-0.3, -0.25) is 9.78 Å². The van der Waals surface area contributed by atoms with E-state index < -0.39 is 28.8 Å². The molecule has 0 aliphatic carbocycles. The van der Waals surface area contributed by atoms with Crippen LogP contribution in [0.4, 0.5) is 14.5 Å². The van der Waals surface area contributed by atoms with Crippen molar-refractivity contribution in [1.82, 2.24) is 10.3 Å². The summed E-state index contributed by atoms with van der Waals surface area (Å²) >= 11 is 0. The maximum Gasteiger partial charge on any atom is 0.254 e. The van der Waals surface area contributed by atoms with Crippen LogP contribution in [0.3, 0.4) is 0 Å². The molecular weight excluding hydrogens is 264 g/mol. The van der Waals surface area contributed by atoms with Crippen LogP contribution in [0.2, 0.25) is 0 Å².